The molecule has 120 valence electrons. The Morgan fingerprint density at radius 2 is 2.12 bits per heavy atom. The monoisotopic (exact) mass is 319 g/mol. The van der Waals surface area contributed by atoms with Gasteiger partial charge in [-0.2, -0.15) is 5.26 Å². The second kappa shape index (κ2) is 6.61. The molecule has 3 rings (SSSR count). The average Bonchev–Trinajstić information content (AvgIpc) is 3.01. The Hall–Kier alpha value is -3.03. The molecule has 1 heterocycles. The van der Waals surface area contributed by atoms with Gasteiger partial charge < -0.3 is 14.3 Å². The maximum absolute atomic E-state index is 9.59. The van der Waals surface area contributed by atoms with E-state index in [9.17, 15) is 10.4 Å². The first-order chi connectivity index (χ1) is 11.7. The van der Waals surface area contributed by atoms with Gasteiger partial charge in [0.15, 0.2) is 0 Å². The van der Waals surface area contributed by atoms with E-state index in [1.165, 1.54) is 0 Å². The quantitative estimate of drug-likeness (QED) is 0.728. The van der Waals surface area contributed by atoms with Crippen molar-refractivity contribution in [1.82, 2.24) is 0 Å². The number of allylic oxidation sites excluding steroid dienone is 1. The minimum Gasteiger partial charge on any atom is -0.496 e. The highest BCUT2D eigenvalue weighted by molar-refractivity contribution is 5.97. The molecule has 0 aliphatic heterocycles. The lowest BCUT2D eigenvalue weighted by Crippen LogP contribution is -1.97. The van der Waals surface area contributed by atoms with Gasteiger partial charge in [0.1, 0.15) is 11.3 Å². The number of furan rings is 1. The molecule has 0 spiro atoms. The summed E-state index contributed by atoms with van der Waals surface area (Å²) in [6.45, 7) is 1.74. The average molecular weight is 319 g/mol. The summed E-state index contributed by atoms with van der Waals surface area (Å²) >= 11 is 0. The topological polar surface area (TPSA) is 66.4 Å². The Balaban J connectivity index is 2.13. The molecule has 0 aliphatic carbocycles. The number of aliphatic hydroxyl groups excluding tert-OH is 1. The molecule has 24 heavy (non-hydrogen) atoms. The standard InChI is InChI=1S/C20H17NO3/c1-13-7-14(8-16(11-22)20(13)23-2)15(10-21)9-17-12-24-19-6-4-3-5-18(17)19/h3-9,12,22H,11H2,1-2H3/b15-9+. The first-order valence-electron chi connectivity index (χ1n) is 7.54. The van der Waals surface area contributed by atoms with Crippen LogP contribution in [0.1, 0.15) is 22.3 Å². The molecule has 1 N–H and O–H groups in total. The number of nitriles is 1. The number of ether oxygens (including phenoxy) is 1. The summed E-state index contributed by atoms with van der Waals surface area (Å²) in [7, 11) is 1.57. The lowest BCUT2D eigenvalue weighted by molar-refractivity contribution is 0.273. The van der Waals surface area contributed by atoms with E-state index >= 15 is 0 Å². The molecule has 0 amide bonds. The first kappa shape index (κ1) is 15.9. The van der Waals surface area contributed by atoms with Crippen LogP contribution in [0.4, 0.5) is 0 Å². The number of methoxy groups -OCH3 is 1. The Morgan fingerprint density at radius 1 is 1.33 bits per heavy atom. The van der Waals surface area contributed by atoms with Gasteiger partial charge in [0.05, 0.1) is 31.6 Å². The number of nitrogens with zero attached hydrogens (tertiary/aromatic N) is 1. The van der Waals surface area contributed by atoms with Crippen LogP contribution in [-0.2, 0) is 6.61 Å². The fourth-order valence-electron chi connectivity index (χ4n) is 2.86. The van der Waals surface area contributed by atoms with E-state index in [-0.39, 0.29) is 6.61 Å². The van der Waals surface area contributed by atoms with Gasteiger partial charge in [0.2, 0.25) is 0 Å². The van der Waals surface area contributed by atoms with Crippen molar-refractivity contribution in [2.75, 3.05) is 7.11 Å². The molecule has 3 aromatic rings. The third kappa shape index (κ3) is 2.78. The lowest BCUT2D eigenvalue weighted by Gasteiger charge is -2.12. The minimum absolute atomic E-state index is 0.148. The summed E-state index contributed by atoms with van der Waals surface area (Å²) in [6, 6.07) is 13.6. The molecule has 0 atom stereocenters. The lowest BCUT2D eigenvalue weighted by atomic mass is 9.98. The number of rotatable bonds is 4. The van der Waals surface area contributed by atoms with Gasteiger partial charge in [-0.25, -0.2) is 0 Å². The molecule has 0 saturated heterocycles. The molecular weight excluding hydrogens is 302 g/mol. The summed E-state index contributed by atoms with van der Waals surface area (Å²) in [4.78, 5) is 0. The maximum Gasteiger partial charge on any atom is 0.134 e. The highest BCUT2D eigenvalue weighted by Crippen LogP contribution is 2.30. The fourth-order valence-corrected chi connectivity index (χ4v) is 2.86. The number of fused-ring (bicyclic) bond motifs is 1. The van der Waals surface area contributed by atoms with Crippen LogP contribution in [0.15, 0.2) is 47.1 Å². The molecule has 0 saturated carbocycles. The third-order valence-electron chi connectivity index (χ3n) is 3.97. The van der Waals surface area contributed by atoms with Crippen molar-refractivity contribution in [3.63, 3.8) is 0 Å². The molecule has 0 aliphatic rings. The number of hydrogen-bond donors (Lipinski definition) is 1. The zero-order valence-corrected chi connectivity index (χ0v) is 13.5. The SMILES string of the molecule is COc1c(C)cc(/C(C#N)=C/c2coc3ccccc23)cc1CO. The minimum atomic E-state index is -0.148. The Bertz CT molecular complexity index is 961. The number of benzene rings is 2. The third-order valence-corrected chi connectivity index (χ3v) is 3.97. The van der Waals surface area contributed by atoms with Crippen molar-refractivity contribution in [2.45, 2.75) is 13.5 Å². The van der Waals surface area contributed by atoms with E-state index in [1.807, 2.05) is 37.3 Å². The van der Waals surface area contributed by atoms with Crippen LogP contribution in [0.25, 0.3) is 22.6 Å². The molecule has 4 heteroatoms. The molecular formula is C20H17NO3. The smallest absolute Gasteiger partial charge is 0.134 e. The maximum atomic E-state index is 9.59. The summed E-state index contributed by atoms with van der Waals surface area (Å²) in [5, 5.41) is 20.1. The van der Waals surface area contributed by atoms with E-state index in [0.717, 1.165) is 27.7 Å². The van der Waals surface area contributed by atoms with Crippen LogP contribution in [0, 0.1) is 18.3 Å². The number of aryl methyl sites for hydroxylation is 1. The second-order valence-corrected chi connectivity index (χ2v) is 5.50. The number of para-hydroxylation sites is 1. The summed E-state index contributed by atoms with van der Waals surface area (Å²) in [5.74, 6) is 0.646. The highest BCUT2D eigenvalue weighted by atomic mass is 16.5. The summed E-state index contributed by atoms with van der Waals surface area (Å²) in [6.07, 6.45) is 3.44. The summed E-state index contributed by atoms with van der Waals surface area (Å²) in [5.41, 5.74) is 4.40. The van der Waals surface area contributed by atoms with Crippen LogP contribution in [0.3, 0.4) is 0 Å². The van der Waals surface area contributed by atoms with E-state index in [1.54, 1.807) is 25.5 Å². The van der Waals surface area contributed by atoms with Crippen molar-refractivity contribution in [1.29, 1.82) is 5.26 Å². The zero-order valence-electron chi connectivity index (χ0n) is 13.5. The van der Waals surface area contributed by atoms with E-state index in [4.69, 9.17) is 9.15 Å². The Morgan fingerprint density at radius 3 is 2.83 bits per heavy atom. The summed E-state index contributed by atoms with van der Waals surface area (Å²) < 4.78 is 10.8. The molecule has 0 radical (unpaired) electrons. The number of hydrogen-bond acceptors (Lipinski definition) is 4. The second-order valence-electron chi connectivity index (χ2n) is 5.50. The van der Waals surface area contributed by atoms with E-state index < -0.39 is 0 Å². The van der Waals surface area contributed by atoms with Gasteiger partial charge in [-0.05, 0) is 42.3 Å². The van der Waals surface area contributed by atoms with E-state index in [0.29, 0.717) is 16.9 Å². The molecule has 4 nitrogen and oxygen atoms in total. The van der Waals surface area contributed by atoms with Gasteiger partial charge in [0, 0.05) is 16.5 Å². The Labute approximate surface area is 140 Å². The van der Waals surface area contributed by atoms with Gasteiger partial charge >= 0.3 is 0 Å². The Kier molecular flexibility index (Phi) is 4.37. The van der Waals surface area contributed by atoms with Crippen LogP contribution in [0.5, 0.6) is 5.75 Å². The molecule has 0 bridgehead atoms. The molecule has 0 unspecified atom stereocenters. The fraction of sp³-hybridized carbons (Fsp3) is 0.150. The van der Waals surface area contributed by atoms with Crippen molar-refractivity contribution in [3.8, 4) is 11.8 Å². The molecule has 1 aromatic heterocycles. The van der Waals surface area contributed by atoms with Crippen molar-refractivity contribution in [2.24, 2.45) is 0 Å². The van der Waals surface area contributed by atoms with Gasteiger partial charge in [-0.3, -0.25) is 0 Å². The van der Waals surface area contributed by atoms with Crippen molar-refractivity contribution in [3.05, 3.63) is 64.9 Å². The largest absolute Gasteiger partial charge is 0.496 e. The zero-order chi connectivity index (χ0) is 17.1. The molecule has 2 aromatic carbocycles. The van der Waals surface area contributed by atoms with Crippen LogP contribution in [-0.4, -0.2) is 12.2 Å². The van der Waals surface area contributed by atoms with Crippen molar-refractivity contribution >= 4 is 22.6 Å². The first-order valence-corrected chi connectivity index (χ1v) is 7.54. The van der Waals surface area contributed by atoms with Crippen LogP contribution in [0.2, 0.25) is 0 Å². The van der Waals surface area contributed by atoms with Gasteiger partial charge in [-0.15, -0.1) is 0 Å². The molecule has 0 fully saturated rings. The van der Waals surface area contributed by atoms with Gasteiger partial charge in [-0.1, -0.05) is 18.2 Å². The predicted octanol–water partition coefficient (Wildman–Crippen LogP) is 4.31. The van der Waals surface area contributed by atoms with Crippen molar-refractivity contribution < 1.29 is 14.3 Å². The highest BCUT2D eigenvalue weighted by Gasteiger charge is 2.12. The predicted molar refractivity (Wildman–Crippen MR) is 93.4 cm³/mol. The van der Waals surface area contributed by atoms with Crippen LogP contribution >= 0.6 is 0 Å². The van der Waals surface area contributed by atoms with E-state index in [2.05, 4.69) is 6.07 Å². The number of aliphatic hydroxyl groups is 1. The normalized spacial score (nSPS) is 11.5. The van der Waals surface area contributed by atoms with Gasteiger partial charge in [0.25, 0.3) is 0 Å². The van der Waals surface area contributed by atoms with Crippen LogP contribution < -0.4 is 4.74 Å².